The van der Waals surface area contributed by atoms with Gasteiger partial charge in [0, 0.05) is 20.0 Å². The molecule has 0 aliphatic heterocycles. The molecule has 0 atom stereocenters. The topological polar surface area (TPSA) is 68.3 Å². The Morgan fingerprint density at radius 3 is 2.77 bits per heavy atom. The fourth-order valence-electron chi connectivity index (χ4n) is 2.98. The zero-order valence-corrected chi connectivity index (χ0v) is 15.4. The van der Waals surface area contributed by atoms with Gasteiger partial charge in [-0.3, -0.25) is 14.2 Å². The summed E-state index contributed by atoms with van der Waals surface area (Å²) in [6, 6.07) is 9.35. The minimum Gasteiger partial charge on any atom is -0.464 e. The van der Waals surface area contributed by atoms with Crippen molar-refractivity contribution in [3.63, 3.8) is 0 Å². The number of furan rings is 1. The molecule has 0 aliphatic carbocycles. The number of rotatable bonds is 6. The van der Waals surface area contributed by atoms with Crippen LogP contribution in [0.2, 0.25) is 0 Å². The first-order valence-electron chi connectivity index (χ1n) is 8.70. The van der Waals surface area contributed by atoms with Gasteiger partial charge in [0.15, 0.2) is 0 Å². The van der Waals surface area contributed by atoms with Crippen LogP contribution in [0.15, 0.2) is 45.9 Å². The Labute approximate surface area is 152 Å². The van der Waals surface area contributed by atoms with Crippen molar-refractivity contribution < 1.29 is 9.21 Å². The first kappa shape index (κ1) is 17.9. The summed E-state index contributed by atoms with van der Waals surface area (Å²) < 4.78 is 7.07. The molecule has 26 heavy (non-hydrogen) atoms. The average molecular weight is 353 g/mol. The van der Waals surface area contributed by atoms with E-state index in [4.69, 9.17) is 4.42 Å². The van der Waals surface area contributed by atoms with Crippen molar-refractivity contribution in [2.24, 2.45) is 0 Å². The Hall–Kier alpha value is -2.89. The van der Waals surface area contributed by atoms with Crippen LogP contribution >= 0.6 is 0 Å². The van der Waals surface area contributed by atoms with Gasteiger partial charge in [-0.2, -0.15) is 0 Å². The molecule has 1 amide bonds. The van der Waals surface area contributed by atoms with Crippen molar-refractivity contribution in [3.8, 4) is 0 Å². The first-order valence-corrected chi connectivity index (χ1v) is 8.70. The SMILES string of the molecule is Cc1ccc(CN(C)C(=O)CCCn2cnc3c(C)cccc3c2=O)o1. The van der Waals surface area contributed by atoms with Crippen LogP contribution in [0.5, 0.6) is 0 Å². The number of hydrogen-bond donors (Lipinski definition) is 0. The van der Waals surface area contributed by atoms with Gasteiger partial charge in [-0.1, -0.05) is 12.1 Å². The minimum absolute atomic E-state index is 0.0247. The van der Waals surface area contributed by atoms with Gasteiger partial charge in [-0.25, -0.2) is 4.98 Å². The summed E-state index contributed by atoms with van der Waals surface area (Å²) in [5, 5.41) is 0.615. The number of carbonyl (C=O) groups excluding carboxylic acids is 1. The van der Waals surface area contributed by atoms with Crippen molar-refractivity contribution in [2.45, 2.75) is 39.8 Å². The molecule has 0 bridgehead atoms. The fraction of sp³-hybridized carbons (Fsp3) is 0.350. The van der Waals surface area contributed by atoms with E-state index in [9.17, 15) is 9.59 Å². The molecule has 6 nitrogen and oxygen atoms in total. The average Bonchev–Trinajstić information content (AvgIpc) is 3.02. The predicted octanol–water partition coefficient (Wildman–Crippen LogP) is 3.05. The number of benzene rings is 1. The molecule has 0 radical (unpaired) electrons. The molecular weight excluding hydrogens is 330 g/mol. The Morgan fingerprint density at radius 2 is 2.04 bits per heavy atom. The highest BCUT2D eigenvalue weighted by atomic mass is 16.3. The lowest BCUT2D eigenvalue weighted by Crippen LogP contribution is -2.27. The van der Waals surface area contributed by atoms with Crippen molar-refractivity contribution >= 4 is 16.8 Å². The van der Waals surface area contributed by atoms with Gasteiger partial charge in [0.2, 0.25) is 5.91 Å². The Kier molecular flexibility index (Phi) is 5.21. The van der Waals surface area contributed by atoms with Crippen molar-refractivity contribution in [1.29, 1.82) is 0 Å². The summed E-state index contributed by atoms with van der Waals surface area (Å²) in [5.41, 5.74) is 1.65. The number of fused-ring (bicyclic) bond motifs is 1. The third-order valence-corrected chi connectivity index (χ3v) is 4.46. The number of nitrogens with zero attached hydrogens (tertiary/aromatic N) is 3. The third kappa shape index (κ3) is 3.85. The molecule has 2 aromatic heterocycles. The molecule has 6 heteroatoms. The lowest BCUT2D eigenvalue weighted by atomic mass is 10.1. The molecule has 136 valence electrons. The summed E-state index contributed by atoms with van der Waals surface area (Å²) in [7, 11) is 1.76. The number of hydrogen-bond acceptors (Lipinski definition) is 4. The summed E-state index contributed by atoms with van der Waals surface area (Å²) in [6.45, 7) is 4.73. The van der Waals surface area contributed by atoms with Gasteiger partial charge < -0.3 is 9.32 Å². The molecule has 3 aromatic rings. The number of aryl methyl sites for hydroxylation is 3. The van der Waals surface area contributed by atoms with E-state index >= 15 is 0 Å². The molecule has 0 fully saturated rings. The largest absolute Gasteiger partial charge is 0.464 e. The molecule has 2 heterocycles. The van der Waals surface area contributed by atoms with Gasteiger partial charge >= 0.3 is 0 Å². The number of aromatic nitrogens is 2. The second-order valence-electron chi connectivity index (χ2n) is 6.58. The van der Waals surface area contributed by atoms with Gasteiger partial charge in [0.1, 0.15) is 11.5 Å². The Balaban J connectivity index is 1.59. The van der Waals surface area contributed by atoms with Crippen LogP contribution < -0.4 is 5.56 Å². The van der Waals surface area contributed by atoms with Gasteiger partial charge in [-0.15, -0.1) is 0 Å². The van der Waals surface area contributed by atoms with Crippen molar-refractivity contribution in [1.82, 2.24) is 14.5 Å². The van der Waals surface area contributed by atoms with Crippen LogP contribution in [-0.2, 0) is 17.9 Å². The normalized spacial score (nSPS) is 11.0. The molecule has 0 unspecified atom stereocenters. The molecule has 0 saturated heterocycles. The van der Waals surface area contributed by atoms with Crippen molar-refractivity contribution in [2.75, 3.05) is 7.05 Å². The van der Waals surface area contributed by atoms with E-state index in [1.807, 2.05) is 38.1 Å². The zero-order chi connectivity index (χ0) is 18.7. The van der Waals surface area contributed by atoms with Crippen LogP contribution in [0.4, 0.5) is 0 Å². The molecule has 0 saturated carbocycles. The first-order chi connectivity index (χ1) is 12.5. The molecule has 3 rings (SSSR count). The molecular formula is C20H23N3O3. The summed E-state index contributed by atoms with van der Waals surface area (Å²) in [6.07, 6.45) is 2.52. The van der Waals surface area contributed by atoms with E-state index in [1.54, 1.807) is 28.9 Å². The highest BCUT2D eigenvalue weighted by Gasteiger charge is 2.12. The van der Waals surface area contributed by atoms with Crippen LogP contribution in [0.25, 0.3) is 10.9 Å². The van der Waals surface area contributed by atoms with Crippen LogP contribution in [0.1, 0.15) is 29.9 Å². The lowest BCUT2D eigenvalue weighted by molar-refractivity contribution is -0.130. The third-order valence-electron chi connectivity index (χ3n) is 4.46. The van der Waals surface area contributed by atoms with Gasteiger partial charge in [0.25, 0.3) is 5.56 Å². The van der Waals surface area contributed by atoms with Crippen LogP contribution in [-0.4, -0.2) is 27.4 Å². The maximum Gasteiger partial charge on any atom is 0.261 e. The fourth-order valence-corrected chi connectivity index (χ4v) is 2.98. The molecule has 0 spiro atoms. The van der Waals surface area contributed by atoms with E-state index in [1.165, 1.54) is 0 Å². The van der Waals surface area contributed by atoms with E-state index in [2.05, 4.69) is 4.98 Å². The maximum absolute atomic E-state index is 12.5. The maximum atomic E-state index is 12.5. The molecule has 1 aromatic carbocycles. The highest BCUT2D eigenvalue weighted by Crippen LogP contribution is 2.12. The van der Waals surface area contributed by atoms with Crippen LogP contribution in [0.3, 0.4) is 0 Å². The van der Waals surface area contributed by atoms with Gasteiger partial charge in [-0.05, 0) is 44.0 Å². The quantitative estimate of drug-likeness (QED) is 0.683. The predicted molar refractivity (Wildman–Crippen MR) is 99.9 cm³/mol. The smallest absolute Gasteiger partial charge is 0.261 e. The summed E-state index contributed by atoms with van der Waals surface area (Å²) >= 11 is 0. The van der Waals surface area contributed by atoms with Gasteiger partial charge in [0.05, 0.1) is 23.8 Å². The monoisotopic (exact) mass is 353 g/mol. The Morgan fingerprint density at radius 1 is 1.23 bits per heavy atom. The lowest BCUT2D eigenvalue weighted by Gasteiger charge is -2.16. The highest BCUT2D eigenvalue weighted by molar-refractivity contribution is 5.80. The van der Waals surface area contributed by atoms with Crippen molar-refractivity contribution in [3.05, 3.63) is 64.1 Å². The number of amides is 1. The van der Waals surface area contributed by atoms with Crippen LogP contribution in [0, 0.1) is 13.8 Å². The minimum atomic E-state index is -0.0643. The Bertz CT molecular complexity index is 987. The second-order valence-corrected chi connectivity index (χ2v) is 6.58. The molecule has 0 aliphatic rings. The summed E-state index contributed by atoms with van der Waals surface area (Å²) in [5.74, 6) is 1.62. The second kappa shape index (κ2) is 7.56. The summed E-state index contributed by atoms with van der Waals surface area (Å²) in [4.78, 5) is 30.8. The number of carbonyl (C=O) groups is 1. The molecule has 0 N–H and O–H groups in total. The standard InChI is InChI=1S/C20H23N3O3/c1-14-6-4-7-17-19(14)21-13-23(20(17)25)11-5-8-18(24)22(3)12-16-10-9-15(2)26-16/h4,6-7,9-10,13H,5,8,11-12H2,1-3H3. The van der Waals surface area contributed by atoms with E-state index in [-0.39, 0.29) is 11.5 Å². The van der Waals surface area contributed by atoms with E-state index in [0.717, 1.165) is 22.6 Å². The van der Waals surface area contributed by atoms with E-state index in [0.29, 0.717) is 31.3 Å². The zero-order valence-electron chi connectivity index (χ0n) is 15.4. The number of para-hydroxylation sites is 1. The van der Waals surface area contributed by atoms with E-state index < -0.39 is 0 Å².